The van der Waals surface area contributed by atoms with E-state index in [4.69, 9.17) is 4.74 Å². The smallest absolute Gasteiger partial charge is 0.191 e. The SMILES string of the molecule is CCNC(=NCCCOCC(C)C)NC(C)(C)C. The van der Waals surface area contributed by atoms with E-state index in [1.807, 2.05) is 0 Å². The Morgan fingerprint density at radius 3 is 2.44 bits per heavy atom. The first-order valence-electron chi connectivity index (χ1n) is 6.99. The number of aliphatic imine (C=N–C) groups is 1. The molecular weight excluding hydrogens is 226 g/mol. The van der Waals surface area contributed by atoms with Crippen molar-refractivity contribution in [3.63, 3.8) is 0 Å². The highest BCUT2D eigenvalue weighted by Crippen LogP contribution is 1.98. The molecule has 0 spiro atoms. The molecule has 0 aromatic heterocycles. The standard InChI is InChI=1S/C14H31N3O/c1-7-15-13(17-14(4,5)6)16-9-8-10-18-11-12(2)3/h12H,7-11H2,1-6H3,(H2,15,16,17). The predicted molar refractivity (Wildman–Crippen MR) is 79.1 cm³/mol. The van der Waals surface area contributed by atoms with E-state index in [0.29, 0.717) is 5.92 Å². The van der Waals surface area contributed by atoms with Crippen LogP contribution in [0.5, 0.6) is 0 Å². The molecule has 0 aliphatic carbocycles. The normalized spacial score (nSPS) is 12.9. The van der Waals surface area contributed by atoms with E-state index >= 15 is 0 Å². The lowest BCUT2D eigenvalue weighted by Crippen LogP contribution is -2.47. The second kappa shape index (κ2) is 9.20. The Morgan fingerprint density at radius 2 is 1.94 bits per heavy atom. The van der Waals surface area contributed by atoms with Crippen molar-refractivity contribution in [3.8, 4) is 0 Å². The molecule has 0 unspecified atom stereocenters. The summed E-state index contributed by atoms with van der Waals surface area (Å²) in [6.07, 6.45) is 0.966. The number of hydrogen-bond donors (Lipinski definition) is 2. The van der Waals surface area contributed by atoms with Gasteiger partial charge in [-0.3, -0.25) is 4.99 Å². The summed E-state index contributed by atoms with van der Waals surface area (Å²) in [4.78, 5) is 4.53. The van der Waals surface area contributed by atoms with Gasteiger partial charge in [-0.1, -0.05) is 13.8 Å². The Kier molecular flexibility index (Phi) is 8.81. The molecule has 0 rings (SSSR count). The summed E-state index contributed by atoms with van der Waals surface area (Å²) in [6, 6.07) is 0. The van der Waals surface area contributed by atoms with E-state index < -0.39 is 0 Å². The molecule has 0 fully saturated rings. The maximum Gasteiger partial charge on any atom is 0.191 e. The van der Waals surface area contributed by atoms with Crippen LogP contribution in [0.25, 0.3) is 0 Å². The van der Waals surface area contributed by atoms with Gasteiger partial charge in [-0.05, 0) is 40.0 Å². The Balaban J connectivity index is 3.87. The fourth-order valence-corrected chi connectivity index (χ4v) is 1.34. The minimum atomic E-state index is 0.0369. The van der Waals surface area contributed by atoms with Crippen LogP contribution in [0, 0.1) is 5.92 Å². The fourth-order valence-electron chi connectivity index (χ4n) is 1.34. The average molecular weight is 257 g/mol. The molecule has 0 amide bonds. The first kappa shape index (κ1) is 17.2. The van der Waals surface area contributed by atoms with Crippen LogP contribution in [0.2, 0.25) is 0 Å². The third kappa shape index (κ3) is 11.7. The van der Waals surface area contributed by atoms with E-state index in [9.17, 15) is 0 Å². The summed E-state index contributed by atoms with van der Waals surface area (Å²) in [5.74, 6) is 1.49. The summed E-state index contributed by atoms with van der Waals surface area (Å²) in [5.41, 5.74) is 0.0369. The minimum Gasteiger partial charge on any atom is -0.381 e. The minimum absolute atomic E-state index is 0.0369. The average Bonchev–Trinajstić information content (AvgIpc) is 2.20. The third-order valence-electron chi connectivity index (χ3n) is 2.01. The molecule has 0 saturated carbocycles. The molecule has 0 aliphatic rings. The number of rotatable bonds is 7. The molecule has 4 heteroatoms. The van der Waals surface area contributed by atoms with Crippen molar-refractivity contribution in [2.24, 2.45) is 10.9 Å². The maximum atomic E-state index is 5.53. The Hall–Kier alpha value is -0.770. The van der Waals surface area contributed by atoms with E-state index in [2.05, 4.69) is 57.2 Å². The van der Waals surface area contributed by atoms with E-state index in [1.165, 1.54) is 0 Å². The number of ether oxygens (including phenoxy) is 1. The van der Waals surface area contributed by atoms with Crippen LogP contribution in [0.4, 0.5) is 0 Å². The number of nitrogens with one attached hydrogen (secondary N) is 2. The molecule has 0 atom stereocenters. The van der Waals surface area contributed by atoms with Gasteiger partial charge in [-0.25, -0.2) is 0 Å². The molecular formula is C14H31N3O. The fraction of sp³-hybridized carbons (Fsp3) is 0.929. The highest BCUT2D eigenvalue weighted by molar-refractivity contribution is 5.80. The summed E-state index contributed by atoms with van der Waals surface area (Å²) >= 11 is 0. The van der Waals surface area contributed by atoms with Crippen molar-refractivity contribution in [2.75, 3.05) is 26.3 Å². The first-order chi connectivity index (χ1) is 8.35. The zero-order chi connectivity index (χ0) is 14.0. The van der Waals surface area contributed by atoms with Gasteiger partial charge in [-0.2, -0.15) is 0 Å². The van der Waals surface area contributed by atoms with Crippen molar-refractivity contribution < 1.29 is 4.74 Å². The van der Waals surface area contributed by atoms with Gasteiger partial charge in [0.1, 0.15) is 0 Å². The largest absolute Gasteiger partial charge is 0.381 e. The van der Waals surface area contributed by atoms with Crippen LogP contribution < -0.4 is 10.6 Å². The number of hydrogen-bond acceptors (Lipinski definition) is 2. The van der Waals surface area contributed by atoms with Crippen molar-refractivity contribution in [1.29, 1.82) is 0 Å². The Labute approximate surface area is 113 Å². The molecule has 0 aliphatic heterocycles. The third-order valence-corrected chi connectivity index (χ3v) is 2.01. The van der Waals surface area contributed by atoms with Gasteiger partial charge in [0.05, 0.1) is 0 Å². The van der Waals surface area contributed by atoms with Gasteiger partial charge in [0, 0.05) is 31.8 Å². The maximum absolute atomic E-state index is 5.53. The molecule has 0 aromatic carbocycles. The van der Waals surface area contributed by atoms with Gasteiger partial charge in [-0.15, -0.1) is 0 Å². The van der Waals surface area contributed by atoms with Crippen LogP contribution in [0.15, 0.2) is 4.99 Å². The summed E-state index contributed by atoms with van der Waals surface area (Å²) in [6.45, 7) is 16.1. The second-order valence-corrected chi connectivity index (χ2v) is 5.96. The summed E-state index contributed by atoms with van der Waals surface area (Å²) in [7, 11) is 0. The van der Waals surface area contributed by atoms with Gasteiger partial charge in [0.2, 0.25) is 0 Å². The van der Waals surface area contributed by atoms with Crippen molar-refractivity contribution >= 4 is 5.96 Å². The van der Waals surface area contributed by atoms with E-state index in [0.717, 1.165) is 38.7 Å². The molecule has 2 N–H and O–H groups in total. The van der Waals surface area contributed by atoms with Crippen LogP contribution in [0.1, 0.15) is 48.0 Å². The topological polar surface area (TPSA) is 45.7 Å². The van der Waals surface area contributed by atoms with Gasteiger partial charge >= 0.3 is 0 Å². The lowest BCUT2D eigenvalue weighted by Gasteiger charge is -2.23. The monoisotopic (exact) mass is 257 g/mol. The molecule has 0 radical (unpaired) electrons. The molecule has 0 bridgehead atoms. The van der Waals surface area contributed by atoms with Crippen molar-refractivity contribution in [1.82, 2.24) is 10.6 Å². The molecule has 0 aromatic rings. The molecule has 108 valence electrons. The van der Waals surface area contributed by atoms with Gasteiger partial charge < -0.3 is 15.4 Å². The first-order valence-corrected chi connectivity index (χ1v) is 6.99. The van der Waals surface area contributed by atoms with Crippen LogP contribution in [-0.2, 0) is 4.74 Å². The van der Waals surface area contributed by atoms with Crippen LogP contribution in [0.3, 0.4) is 0 Å². The highest BCUT2D eigenvalue weighted by Gasteiger charge is 2.11. The van der Waals surface area contributed by atoms with E-state index in [-0.39, 0.29) is 5.54 Å². The van der Waals surface area contributed by atoms with Crippen molar-refractivity contribution in [2.45, 2.75) is 53.5 Å². The van der Waals surface area contributed by atoms with Crippen LogP contribution in [-0.4, -0.2) is 37.8 Å². The molecule has 18 heavy (non-hydrogen) atoms. The Bertz CT molecular complexity index is 232. The quantitative estimate of drug-likeness (QED) is 0.418. The lowest BCUT2D eigenvalue weighted by molar-refractivity contribution is 0.109. The van der Waals surface area contributed by atoms with Gasteiger partial charge in [0.15, 0.2) is 5.96 Å². The molecule has 0 heterocycles. The molecule has 4 nitrogen and oxygen atoms in total. The molecule has 0 saturated heterocycles. The zero-order valence-electron chi connectivity index (χ0n) is 13.0. The van der Waals surface area contributed by atoms with Gasteiger partial charge in [0.25, 0.3) is 0 Å². The van der Waals surface area contributed by atoms with E-state index in [1.54, 1.807) is 0 Å². The van der Waals surface area contributed by atoms with Crippen molar-refractivity contribution in [3.05, 3.63) is 0 Å². The summed E-state index contributed by atoms with van der Waals surface area (Å²) < 4.78 is 5.53. The lowest BCUT2D eigenvalue weighted by atomic mass is 10.1. The second-order valence-electron chi connectivity index (χ2n) is 5.96. The zero-order valence-corrected chi connectivity index (χ0v) is 13.0. The number of nitrogens with zero attached hydrogens (tertiary/aromatic N) is 1. The Morgan fingerprint density at radius 1 is 1.28 bits per heavy atom. The predicted octanol–water partition coefficient (Wildman–Crippen LogP) is 2.40. The highest BCUT2D eigenvalue weighted by atomic mass is 16.5. The summed E-state index contributed by atoms with van der Waals surface area (Å²) in [5, 5.41) is 6.61. The number of guanidine groups is 1. The van der Waals surface area contributed by atoms with Crippen LogP contribution >= 0.6 is 0 Å².